The summed E-state index contributed by atoms with van der Waals surface area (Å²) in [7, 11) is 1.59. The van der Waals surface area contributed by atoms with Crippen LogP contribution in [0.1, 0.15) is 16.7 Å². The van der Waals surface area contributed by atoms with E-state index < -0.39 is 11.9 Å². The van der Waals surface area contributed by atoms with Crippen molar-refractivity contribution in [2.45, 2.75) is 6.10 Å². The van der Waals surface area contributed by atoms with E-state index in [1.807, 2.05) is 0 Å². The zero-order valence-electron chi connectivity index (χ0n) is 12.2. The van der Waals surface area contributed by atoms with E-state index in [0.717, 1.165) is 5.75 Å². The van der Waals surface area contributed by atoms with Crippen LogP contribution in [0.15, 0.2) is 47.8 Å². The van der Waals surface area contributed by atoms with E-state index >= 15 is 0 Å². The van der Waals surface area contributed by atoms with E-state index in [0.29, 0.717) is 26.9 Å². The second kappa shape index (κ2) is 6.66. The van der Waals surface area contributed by atoms with Crippen LogP contribution in [-0.4, -0.2) is 17.2 Å². The van der Waals surface area contributed by atoms with Crippen LogP contribution >= 0.6 is 22.9 Å². The molecule has 1 aromatic heterocycles. The highest BCUT2D eigenvalue weighted by Gasteiger charge is 2.16. The van der Waals surface area contributed by atoms with Gasteiger partial charge in [0.2, 0.25) is 0 Å². The average molecular weight is 350 g/mol. The fraction of sp³-hybridized carbons (Fsp3) is 0.118. The molecule has 1 heterocycles. The fourth-order valence-electron chi connectivity index (χ4n) is 2.18. The van der Waals surface area contributed by atoms with E-state index in [4.69, 9.17) is 16.3 Å². The zero-order valence-corrected chi connectivity index (χ0v) is 13.7. The number of thiazole rings is 1. The number of aromatic nitrogens is 1. The maximum absolute atomic E-state index is 13.4. The number of aliphatic hydroxyl groups is 1. The molecular weight excluding hydrogens is 337 g/mol. The highest BCUT2D eigenvalue weighted by molar-refractivity contribution is 7.10. The maximum Gasteiger partial charge on any atom is 0.131 e. The second-order valence-corrected chi connectivity index (χ2v) is 6.23. The minimum atomic E-state index is -0.844. The highest BCUT2D eigenvalue weighted by atomic mass is 35.5. The maximum atomic E-state index is 13.4. The van der Waals surface area contributed by atoms with Crippen LogP contribution in [0.25, 0.3) is 11.3 Å². The Morgan fingerprint density at radius 1 is 1.22 bits per heavy atom. The summed E-state index contributed by atoms with van der Waals surface area (Å²) in [5.41, 5.74) is 1.88. The molecular formula is C17H13ClFNO2S. The first-order chi connectivity index (χ1) is 11.1. The molecule has 0 fully saturated rings. The lowest BCUT2D eigenvalue weighted by Crippen LogP contribution is -1.99. The van der Waals surface area contributed by atoms with Gasteiger partial charge in [-0.1, -0.05) is 23.7 Å². The first-order valence-electron chi connectivity index (χ1n) is 6.81. The third kappa shape index (κ3) is 3.52. The average Bonchev–Trinajstić information content (AvgIpc) is 3.03. The summed E-state index contributed by atoms with van der Waals surface area (Å²) < 4.78 is 18.5. The van der Waals surface area contributed by atoms with Crippen molar-refractivity contribution in [2.24, 2.45) is 0 Å². The van der Waals surface area contributed by atoms with Gasteiger partial charge < -0.3 is 9.84 Å². The molecule has 0 aliphatic rings. The van der Waals surface area contributed by atoms with Crippen molar-refractivity contribution in [3.8, 4) is 17.0 Å². The van der Waals surface area contributed by atoms with Crippen LogP contribution in [0.5, 0.6) is 5.75 Å². The van der Waals surface area contributed by atoms with Crippen LogP contribution in [0.3, 0.4) is 0 Å². The molecule has 3 nitrogen and oxygen atoms in total. The van der Waals surface area contributed by atoms with Crippen molar-refractivity contribution >= 4 is 22.9 Å². The Kier molecular flexibility index (Phi) is 4.61. The van der Waals surface area contributed by atoms with E-state index in [1.165, 1.54) is 23.5 Å². The van der Waals surface area contributed by atoms with Gasteiger partial charge in [0.05, 0.1) is 12.8 Å². The molecule has 3 aromatic rings. The Hall–Kier alpha value is -1.95. The van der Waals surface area contributed by atoms with Crippen molar-refractivity contribution in [1.29, 1.82) is 0 Å². The molecule has 1 N–H and O–H groups in total. The number of nitrogens with zero attached hydrogens (tertiary/aromatic N) is 1. The molecule has 6 heteroatoms. The summed E-state index contributed by atoms with van der Waals surface area (Å²) in [4.78, 5) is 4.39. The van der Waals surface area contributed by atoms with Gasteiger partial charge in [0.25, 0.3) is 0 Å². The van der Waals surface area contributed by atoms with Crippen LogP contribution in [-0.2, 0) is 0 Å². The van der Waals surface area contributed by atoms with Crippen molar-refractivity contribution in [3.63, 3.8) is 0 Å². The molecule has 0 saturated heterocycles. The molecule has 3 rings (SSSR count). The highest BCUT2D eigenvalue weighted by Crippen LogP contribution is 2.31. The molecule has 0 spiro atoms. The lowest BCUT2D eigenvalue weighted by molar-refractivity contribution is 0.220. The number of ether oxygens (including phenoxy) is 1. The number of halogens is 2. The summed E-state index contributed by atoms with van der Waals surface area (Å²) in [5, 5.41) is 13.0. The van der Waals surface area contributed by atoms with Crippen molar-refractivity contribution in [1.82, 2.24) is 4.98 Å². The lowest BCUT2D eigenvalue weighted by Gasteiger charge is -2.08. The third-order valence-electron chi connectivity index (χ3n) is 3.35. The number of rotatable bonds is 4. The van der Waals surface area contributed by atoms with Gasteiger partial charge in [-0.2, -0.15) is 0 Å². The number of hydrogen-bond donors (Lipinski definition) is 1. The van der Waals surface area contributed by atoms with Gasteiger partial charge in [0.1, 0.15) is 22.7 Å². The molecule has 0 aliphatic heterocycles. The molecule has 1 atom stereocenters. The van der Waals surface area contributed by atoms with Gasteiger partial charge in [-0.25, -0.2) is 9.37 Å². The van der Waals surface area contributed by atoms with E-state index in [2.05, 4.69) is 4.98 Å². The summed E-state index contributed by atoms with van der Waals surface area (Å²) >= 11 is 7.18. The van der Waals surface area contributed by atoms with Crippen LogP contribution in [0, 0.1) is 5.82 Å². The molecule has 0 bridgehead atoms. The Labute approximate surface area is 142 Å². The minimum absolute atomic E-state index is 0.310. The lowest BCUT2D eigenvalue weighted by atomic mass is 10.1. The number of aliphatic hydroxyl groups excluding tert-OH is 1. The van der Waals surface area contributed by atoms with Crippen LogP contribution < -0.4 is 4.74 Å². The summed E-state index contributed by atoms with van der Waals surface area (Å²) in [6, 6.07) is 11.4. The van der Waals surface area contributed by atoms with E-state index in [9.17, 15) is 9.50 Å². The molecule has 2 aromatic carbocycles. The Morgan fingerprint density at radius 3 is 2.61 bits per heavy atom. The molecule has 0 saturated carbocycles. The Morgan fingerprint density at radius 2 is 1.96 bits per heavy atom. The van der Waals surface area contributed by atoms with Gasteiger partial charge in [-0.05, 0) is 35.9 Å². The molecule has 23 heavy (non-hydrogen) atoms. The second-order valence-electron chi connectivity index (χ2n) is 4.90. The van der Waals surface area contributed by atoms with Gasteiger partial charge in [0, 0.05) is 16.0 Å². The largest absolute Gasteiger partial charge is 0.497 e. The monoisotopic (exact) mass is 349 g/mol. The first-order valence-corrected chi connectivity index (χ1v) is 8.06. The predicted octanol–water partition coefficient (Wildman–Crippen LogP) is 4.69. The zero-order chi connectivity index (χ0) is 16.4. The standard InChI is InChI=1S/C17H13ClFNO2S/c1-22-14-4-2-10(3-5-14)16(21)17-20-15(9-23-17)11-6-12(18)8-13(19)7-11/h2-9,16,21H,1H3. The van der Waals surface area contributed by atoms with Gasteiger partial charge in [-0.15, -0.1) is 11.3 Å². The quantitative estimate of drug-likeness (QED) is 0.742. The van der Waals surface area contributed by atoms with Gasteiger partial charge in [-0.3, -0.25) is 0 Å². The number of benzene rings is 2. The topological polar surface area (TPSA) is 42.4 Å². The summed E-state index contributed by atoms with van der Waals surface area (Å²) in [6.07, 6.45) is -0.844. The third-order valence-corrected chi connectivity index (χ3v) is 4.46. The SMILES string of the molecule is COc1ccc(C(O)c2nc(-c3cc(F)cc(Cl)c3)cs2)cc1. The number of hydrogen-bond acceptors (Lipinski definition) is 4. The van der Waals surface area contributed by atoms with Gasteiger partial charge in [0.15, 0.2) is 0 Å². The molecule has 0 amide bonds. The van der Waals surface area contributed by atoms with Crippen molar-refractivity contribution in [3.05, 3.63) is 69.3 Å². The van der Waals surface area contributed by atoms with Crippen LogP contribution in [0.4, 0.5) is 4.39 Å². The molecule has 118 valence electrons. The number of methoxy groups -OCH3 is 1. The van der Waals surface area contributed by atoms with Gasteiger partial charge >= 0.3 is 0 Å². The molecule has 0 aliphatic carbocycles. The predicted molar refractivity (Wildman–Crippen MR) is 89.6 cm³/mol. The smallest absolute Gasteiger partial charge is 0.131 e. The Bertz CT molecular complexity index is 799. The normalized spacial score (nSPS) is 12.2. The minimum Gasteiger partial charge on any atom is -0.497 e. The van der Waals surface area contributed by atoms with Crippen molar-refractivity contribution < 1.29 is 14.2 Å². The fourth-order valence-corrected chi connectivity index (χ4v) is 3.24. The van der Waals surface area contributed by atoms with E-state index in [-0.39, 0.29) is 0 Å². The Balaban J connectivity index is 1.88. The van der Waals surface area contributed by atoms with Crippen LogP contribution in [0.2, 0.25) is 5.02 Å². The summed E-state index contributed by atoms with van der Waals surface area (Å²) in [6.45, 7) is 0. The van der Waals surface area contributed by atoms with Crippen molar-refractivity contribution in [2.75, 3.05) is 7.11 Å². The van der Waals surface area contributed by atoms with E-state index in [1.54, 1.807) is 42.8 Å². The molecule has 1 unspecified atom stereocenters. The first kappa shape index (κ1) is 15.9. The molecule has 0 radical (unpaired) electrons. The summed E-state index contributed by atoms with van der Waals surface area (Å²) in [5.74, 6) is 0.299.